The molecule has 2 aromatic rings. The van der Waals surface area contributed by atoms with Crippen LogP contribution in [0.4, 0.5) is 17.2 Å². The minimum atomic E-state index is -0.743. The Balaban J connectivity index is 1.50. The van der Waals surface area contributed by atoms with Crippen molar-refractivity contribution in [3.63, 3.8) is 0 Å². The monoisotopic (exact) mass is 398 g/mol. The molecule has 0 bridgehead atoms. The minimum Gasteiger partial charge on any atom is -0.369 e. The Morgan fingerprint density at radius 2 is 1.97 bits per heavy atom. The number of hydrogen-bond acceptors (Lipinski definition) is 7. The quantitative estimate of drug-likeness (QED) is 0.516. The lowest BCUT2D eigenvalue weighted by Crippen LogP contribution is -2.47. The predicted molar refractivity (Wildman–Crippen MR) is 112 cm³/mol. The molecule has 0 saturated carbocycles. The molecule has 1 aliphatic rings. The summed E-state index contributed by atoms with van der Waals surface area (Å²) in [6, 6.07) is 11.6. The summed E-state index contributed by atoms with van der Waals surface area (Å²) in [5, 5.41) is 14.0. The largest absolute Gasteiger partial charge is 0.369 e. The van der Waals surface area contributed by atoms with Crippen LogP contribution in [0.5, 0.6) is 0 Å². The van der Waals surface area contributed by atoms with E-state index in [0.717, 1.165) is 51.4 Å². The minimum absolute atomic E-state index is 0.0301. The van der Waals surface area contributed by atoms with Gasteiger partial charge >= 0.3 is 0 Å². The molecule has 1 atom stereocenters. The van der Waals surface area contributed by atoms with E-state index < -0.39 is 10.8 Å². The Hall–Kier alpha value is -3.20. The van der Waals surface area contributed by atoms with Gasteiger partial charge in [-0.1, -0.05) is 18.2 Å². The summed E-state index contributed by atoms with van der Waals surface area (Å²) in [6.45, 7) is 6.86. The number of anilines is 2. The number of nitrogens with zero attached hydrogens (tertiary/aromatic N) is 4. The van der Waals surface area contributed by atoms with Gasteiger partial charge in [0.05, 0.1) is 10.5 Å². The van der Waals surface area contributed by atoms with Crippen molar-refractivity contribution in [1.29, 1.82) is 0 Å². The molecule has 1 amide bonds. The highest BCUT2D eigenvalue weighted by Crippen LogP contribution is 2.20. The number of piperazine rings is 1. The zero-order valence-corrected chi connectivity index (χ0v) is 16.5. The first kappa shape index (κ1) is 20.5. The first-order valence-electron chi connectivity index (χ1n) is 9.67. The summed E-state index contributed by atoms with van der Waals surface area (Å²) < 4.78 is 0. The van der Waals surface area contributed by atoms with E-state index in [0.29, 0.717) is 0 Å². The second kappa shape index (κ2) is 9.33. The second-order valence-electron chi connectivity index (χ2n) is 7.21. The lowest BCUT2D eigenvalue weighted by molar-refractivity contribution is -0.385. The van der Waals surface area contributed by atoms with Crippen molar-refractivity contribution in [3.05, 3.63) is 58.3 Å². The Bertz CT molecular complexity index is 853. The molecule has 2 heterocycles. The van der Waals surface area contributed by atoms with Gasteiger partial charge in [0, 0.05) is 50.5 Å². The number of benzene rings is 1. The molecule has 1 aromatic heterocycles. The average molecular weight is 398 g/mol. The molecule has 1 fully saturated rings. The zero-order chi connectivity index (χ0) is 20.8. The Labute approximate surface area is 169 Å². The Kier molecular flexibility index (Phi) is 6.61. The fraction of sp³-hybridized carbons (Fsp3) is 0.400. The van der Waals surface area contributed by atoms with Gasteiger partial charge in [0.1, 0.15) is 12.0 Å². The van der Waals surface area contributed by atoms with Crippen molar-refractivity contribution in [2.75, 3.05) is 42.9 Å². The third-order valence-electron chi connectivity index (χ3n) is 5.10. The lowest BCUT2D eigenvalue weighted by Gasteiger charge is -2.36. The normalized spacial score (nSPS) is 15.7. The van der Waals surface area contributed by atoms with Crippen molar-refractivity contribution >= 4 is 23.1 Å². The number of aromatic nitrogens is 1. The Morgan fingerprint density at radius 1 is 1.28 bits per heavy atom. The van der Waals surface area contributed by atoms with Gasteiger partial charge in [-0.3, -0.25) is 19.8 Å². The molecule has 3 N–H and O–H groups in total. The molecule has 1 aliphatic heterocycles. The van der Waals surface area contributed by atoms with Crippen molar-refractivity contribution in [2.24, 2.45) is 5.73 Å². The molecule has 29 heavy (non-hydrogen) atoms. The van der Waals surface area contributed by atoms with E-state index in [9.17, 15) is 14.9 Å². The molecule has 1 aromatic carbocycles. The topological polar surface area (TPSA) is 118 Å². The lowest BCUT2D eigenvalue weighted by atomic mass is 10.1. The number of primary amides is 1. The van der Waals surface area contributed by atoms with Crippen molar-refractivity contribution < 1.29 is 9.72 Å². The smallest absolute Gasteiger partial charge is 0.288 e. The Morgan fingerprint density at radius 3 is 2.59 bits per heavy atom. The summed E-state index contributed by atoms with van der Waals surface area (Å²) in [7, 11) is 0. The summed E-state index contributed by atoms with van der Waals surface area (Å²) in [5.41, 5.74) is 6.39. The molecule has 1 unspecified atom stereocenters. The van der Waals surface area contributed by atoms with E-state index >= 15 is 0 Å². The van der Waals surface area contributed by atoms with Gasteiger partial charge in [-0.15, -0.1) is 0 Å². The number of amides is 1. The standard InChI is InChI=1S/C20H26N6O3/c1-15(23-20-18(19(21)27)13-17(14-22-20)26(28)29)7-8-24-9-11-25(12-10-24)16-5-3-2-4-6-16/h2-6,13-15H,7-12H2,1H3,(H2,21,27)(H,22,23). The molecule has 9 nitrogen and oxygen atoms in total. The molecule has 3 rings (SSSR count). The number of pyridine rings is 1. The summed E-state index contributed by atoms with van der Waals surface area (Å²) in [6.07, 6.45) is 1.98. The fourth-order valence-corrected chi connectivity index (χ4v) is 3.41. The number of carbonyl (C=O) groups excluding carboxylic acids is 1. The van der Waals surface area contributed by atoms with Crippen LogP contribution < -0.4 is 16.0 Å². The van der Waals surface area contributed by atoms with Crippen molar-refractivity contribution in [2.45, 2.75) is 19.4 Å². The SMILES string of the molecule is CC(CCN1CCN(c2ccccc2)CC1)Nc1ncc([N+](=O)[O-])cc1C(N)=O. The van der Waals surface area contributed by atoms with Crippen LogP contribution in [0.15, 0.2) is 42.6 Å². The fourth-order valence-electron chi connectivity index (χ4n) is 3.41. The number of rotatable bonds is 8. The van der Waals surface area contributed by atoms with Crippen LogP contribution in [0.2, 0.25) is 0 Å². The third-order valence-corrected chi connectivity index (χ3v) is 5.10. The van der Waals surface area contributed by atoms with Crippen LogP contribution in [0.1, 0.15) is 23.7 Å². The first-order valence-corrected chi connectivity index (χ1v) is 9.67. The number of para-hydroxylation sites is 1. The van der Waals surface area contributed by atoms with Crippen LogP contribution in [0.3, 0.4) is 0 Å². The predicted octanol–water partition coefficient (Wildman–Crippen LogP) is 2.10. The number of nitrogens with one attached hydrogen (secondary N) is 1. The number of nitrogens with two attached hydrogens (primary N) is 1. The summed E-state index contributed by atoms with van der Waals surface area (Å²) >= 11 is 0. The van der Waals surface area contributed by atoms with Gasteiger partial charge in [-0.05, 0) is 25.5 Å². The zero-order valence-electron chi connectivity index (χ0n) is 16.5. The molecule has 0 aliphatic carbocycles. The number of hydrogen-bond donors (Lipinski definition) is 2. The molecule has 154 valence electrons. The molecule has 0 spiro atoms. The van der Waals surface area contributed by atoms with E-state index in [2.05, 4.69) is 44.4 Å². The maximum absolute atomic E-state index is 11.6. The van der Waals surface area contributed by atoms with Gasteiger partial charge in [-0.25, -0.2) is 4.98 Å². The molecule has 9 heteroatoms. The van der Waals surface area contributed by atoms with Crippen molar-refractivity contribution in [1.82, 2.24) is 9.88 Å². The van der Waals surface area contributed by atoms with Crippen LogP contribution in [0, 0.1) is 10.1 Å². The highest BCUT2D eigenvalue weighted by Gasteiger charge is 2.20. The molecule has 0 radical (unpaired) electrons. The van der Waals surface area contributed by atoms with Gasteiger partial charge < -0.3 is 16.0 Å². The average Bonchev–Trinajstić information content (AvgIpc) is 2.73. The summed E-state index contributed by atoms with van der Waals surface area (Å²) in [5.74, 6) is -0.461. The van der Waals surface area contributed by atoms with Crippen molar-refractivity contribution in [3.8, 4) is 0 Å². The van der Waals surface area contributed by atoms with E-state index in [-0.39, 0.29) is 23.1 Å². The summed E-state index contributed by atoms with van der Waals surface area (Å²) in [4.78, 5) is 30.8. The molecule has 1 saturated heterocycles. The maximum atomic E-state index is 11.6. The van der Waals surface area contributed by atoms with E-state index in [4.69, 9.17) is 5.73 Å². The van der Waals surface area contributed by atoms with Gasteiger partial charge in [0.2, 0.25) is 0 Å². The van der Waals surface area contributed by atoms with E-state index in [1.165, 1.54) is 5.69 Å². The third kappa shape index (κ3) is 5.41. The van der Waals surface area contributed by atoms with Crippen LogP contribution in [-0.4, -0.2) is 59.5 Å². The van der Waals surface area contributed by atoms with Gasteiger partial charge in [-0.2, -0.15) is 0 Å². The maximum Gasteiger partial charge on any atom is 0.288 e. The van der Waals surface area contributed by atoms with Crippen LogP contribution in [0.25, 0.3) is 0 Å². The van der Waals surface area contributed by atoms with Gasteiger partial charge in [0.25, 0.3) is 11.6 Å². The number of carbonyl (C=O) groups is 1. The highest BCUT2D eigenvalue weighted by atomic mass is 16.6. The first-order chi connectivity index (χ1) is 13.9. The second-order valence-corrected chi connectivity index (χ2v) is 7.21. The number of nitro groups is 1. The van der Waals surface area contributed by atoms with Crippen LogP contribution in [-0.2, 0) is 0 Å². The highest BCUT2D eigenvalue weighted by molar-refractivity contribution is 5.98. The van der Waals surface area contributed by atoms with Gasteiger partial charge in [0.15, 0.2) is 0 Å². The molecular weight excluding hydrogens is 372 g/mol. The van der Waals surface area contributed by atoms with E-state index in [1.807, 2.05) is 13.0 Å². The van der Waals surface area contributed by atoms with E-state index in [1.54, 1.807) is 0 Å². The van der Waals surface area contributed by atoms with Crippen LogP contribution >= 0.6 is 0 Å². The molecular formula is C20H26N6O3.